The zero-order valence-electron chi connectivity index (χ0n) is 18.3. The van der Waals surface area contributed by atoms with Crippen molar-refractivity contribution in [2.24, 2.45) is 4.99 Å². The molecule has 0 radical (unpaired) electrons. The molecule has 2 aromatic carbocycles. The summed E-state index contributed by atoms with van der Waals surface area (Å²) in [4.78, 5) is 4.25. The normalized spacial score (nSPS) is 11.3. The second kappa shape index (κ2) is 12.7. The van der Waals surface area contributed by atoms with Crippen LogP contribution < -0.4 is 20.1 Å². The van der Waals surface area contributed by atoms with Gasteiger partial charge in [0.15, 0.2) is 17.5 Å². The van der Waals surface area contributed by atoms with Gasteiger partial charge in [0.25, 0.3) is 0 Å². The van der Waals surface area contributed by atoms with Crippen molar-refractivity contribution in [3.63, 3.8) is 0 Å². The molecule has 0 aliphatic carbocycles. The van der Waals surface area contributed by atoms with Crippen molar-refractivity contribution in [1.29, 1.82) is 0 Å². The van der Waals surface area contributed by atoms with Gasteiger partial charge in [-0.2, -0.15) is 0 Å². The summed E-state index contributed by atoms with van der Waals surface area (Å²) in [5, 5.41) is 6.55. The zero-order chi connectivity index (χ0) is 21.8. The standard InChI is InChI=1S/C23H32FN3O3/c1-5-29-21-10-8-17(14-22(21)30-6-2)11-12-26-23(25-3)27-15-18-7-9-20(24)19(13-18)16-28-4/h7-10,13-14H,5-6,11-12,15-16H2,1-4H3,(H2,25,26,27). The Hall–Kier alpha value is -2.80. The molecule has 0 aromatic heterocycles. The molecular weight excluding hydrogens is 385 g/mol. The molecule has 7 heteroatoms. The largest absolute Gasteiger partial charge is 0.490 e. The molecule has 0 atom stereocenters. The number of aliphatic imine (C=N–C) groups is 1. The maximum atomic E-state index is 13.7. The first-order valence-corrected chi connectivity index (χ1v) is 10.2. The molecule has 164 valence electrons. The molecule has 6 nitrogen and oxygen atoms in total. The molecule has 2 rings (SSSR count). The van der Waals surface area contributed by atoms with E-state index in [0.717, 1.165) is 29.0 Å². The fourth-order valence-corrected chi connectivity index (χ4v) is 2.99. The summed E-state index contributed by atoms with van der Waals surface area (Å²) in [7, 11) is 3.28. The molecule has 0 heterocycles. The lowest BCUT2D eigenvalue weighted by atomic mass is 10.1. The highest BCUT2D eigenvalue weighted by atomic mass is 19.1. The average molecular weight is 418 g/mol. The molecule has 2 N–H and O–H groups in total. The maximum Gasteiger partial charge on any atom is 0.191 e. The fourth-order valence-electron chi connectivity index (χ4n) is 2.99. The first kappa shape index (κ1) is 23.5. The van der Waals surface area contributed by atoms with E-state index in [9.17, 15) is 4.39 Å². The molecule has 0 saturated carbocycles. The number of guanidine groups is 1. The molecule has 0 saturated heterocycles. The van der Waals surface area contributed by atoms with Crippen molar-refractivity contribution in [2.75, 3.05) is 33.9 Å². The van der Waals surface area contributed by atoms with Crippen molar-refractivity contribution in [2.45, 2.75) is 33.4 Å². The molecule has 0 bridgehead atoms. The first-order chi connectivity index (χ1) is 14.6. The summed E-state index contributed by atoms with van der Waals surface area (Å²) in [6.45, 7) is 6.59. The zero-order valence-corrected chi connectivity index (χ0v) is 18.3. The van der Waals surface area contributed by atoms with Crippen LogP contribution in [0.2, 0.25) is 0 Å². The fraction of sp³-hybridized carbons (Fsp3) is 0.435. The van der Waals surface area contributed by atoms with Gasteiger partial charge in [-0.1, -0.05) is 12.1 Å². The SMILES string of the molecule is CCOc1ccc(CCNC(=NC)NCc2ccc(F)c(COC)c2)cc1OCC. The maximum absolute atomic E-state index is 13.7. The number of nitrogens with one attached hydrogen (secondary N) is 2. The number of halogens is 1. The minimum Gasteiger partial charge on any atom is -0.490 e. The van der Waals surface area contributed by atoms with E-state index < -0.39 is 0 Å². The molecule has 0 spiro atoms. The second-order valence-corrected chi connectivity index (χ2v) is 6.61. The van der Waals surface area contributed by atoms with Gasteiger partial charge in [0, 0.05) is 32.8 Å². The Kier molecular flexibility index (Phi) is 9.94. The van der Waals surface area contributed by atoms with Crippen LogP contribution in [0.15, 0.2) is 41.4 Å². The average Bonchev–Trinajstić information content (AvgIpc) is 2.75. The van der Waals surface area contributed by atoms with E-state index in [-0.39, 0.29) is 12.4 Å². The molecule has 0 aliphatic heterocycles. The number of methoxy groups -OCH3 is 1. The third kappa shape index (κ3) is 7.22. The molecule has 2 aromatic rings. The van der Waals surface area contributed by atoms with Crippen LogP contribution in [-0.2, 0) is 24.3 Å². The lowest BCUT2D eigenvalue weighted by molar-refractivity contribution is 0.181. The van der Waals surface area contributed by atoms with Crippen molar-refractivity contribution >= 4 is 5.96 Å². The third-order valence-electron chi connectivity index (χ3n) is 4.41. The van der Waals surface area contributed by atoms with Gasteiger partial charge < -0.3 is 24.8 Å². The van der Waals surface area contributed by atoms with Gasteiger partial charge >= 0.3 is 0 Å². The summed E-state index contributed by atoms with van der Waals surface area (Å²) < 4.78 is 30.1. The molecule has 30 heavy (non-hydrogen) atoms. The first-order valence-electron chi connectivity index (χ1n) is 10.2. The van der Waals surface area contributed by atoms with Gasteiger partial charge in [0.05, 0.1) is 19.8 Å². The second-order valence-electron chi connectivity index (χ2n) is 6.61. The molecule has 0 unspecified atom stereocenters. The van der Waals surface area contributed by atoms with E-state index in [1.54, 1.807) is 26.3 Å². The minimum absolute atomic E-state index is 0.248. The van der Waals surface area contributed by atoms with Crippen LogP contribution in [0, 0.1) is 5.82 Å². The van der Waals surface area contributed by atoms with Crippen molar-refractivity contribution in [3.05, 3.63) is 58.9 Å². The Morgan fingerprint density at radius 1 is 0.967 bits per heavy atom. The van der Waals surface area contributed by atoms with E-state index in [2.05, 4.69) is 15.6 Å². The van der Waals surface area contributed by atoms with Crippen molar-refractivity contribution < 1.29 is 18.6 Å². The van der Waals surface area contributed by atoms with Crippen LogP contribution in [-0.4, -0.2) is 39.9 Å². The topological polar surface area (TPSA) is 64.1 Å². The Bertz CT molecular complexity index is 827. The van der Waals surface area contributed by atoms with E-state index in [4.69, 9.17) is 14.2 Å². The van der Waals surface area contributed by atoms with Gasteiger partial charge in [-0.3, -0.25) is 4.99 Å². The lowest BCUT2D eigenvalue weighted by Gasteiger charge is -2.14. The quantitative estimate of drug-likeness (QED) is 0.431. The Balaban J connectivity index is 1.87. The van der Waals surface area contributed by atoms with E-state index in [1.165, 1.54) is 6.07 Å². The predicted molar refractivity (Wildman–Crippen MR) is 118 cm³/mol. The highest BCUT2D eigenvalue weighted by Crippen LogP contribution is 2.28. The Labute approximate surface area is 178 Å². The van der Waals surface area contributed by atoms with E-state index >= 15 is 0 Å². The van der Waals surface area contributed by atoms with E-state index in [0.29, 0.717) is 37.8 Å². The highest BCUT2D eigenvalue weighted by molar-refractivity contribution is 5.79. The van der Waals surface area contributed by atoms with Crippen LogP contribution in [0.3, 0.4) is 0 Å². The number of ether oxygens (including phenoxy) is 3. The van der Waals surface area contributed by atoms with Crippen molar-refractivity contribution in [1.82, 2.24) is 10.6 Å². The summed E-state index contributed by atoms with van der Waals surface area (Å²) in [5.74, 6) is 1.96. The van der Waals surface area contributed by atoms with Gasteiger partial charge in [-0.05, 0) is 55.7 Å². The van der Waals surface area contributed by atoms with Gasteiger partial charge in [-0.25, -0.2) is 4.39 Å². The molecule has 0 aliphatic rings. The predicted octanol–water partition coefficient (Wildman–Crippen LogP) is 3.68. The minimum atomic E-state index is -0.259. The lowest BCUT2D eigenvalue weighted by Crippen LogP contribution is -2.37. The van der Waals surface area contributed by atoms with Crippen LogP contribution in [0.25, 0.3) is 0 Å². The van der Waals surface area contributed by atoms with Crippen LogP contribution in [0.4, 0.5) is 4.39 Å². The van der Waals surface area contributed by atoms with E-state index in [1.807, 2.05) is 32.0 Å². The monoisotopic (exact) mass is 417 g/mol. The smallest absolute Gasteiger partial charge is 0.191 e. The number of hydrogen-bond acceptors (Lipinski definition) is 4. The third-order valence-corrected chi connectivity index (χ3v) is 4.41. The summed E-state index contributed by atoms with van der Waals surface area (Å²) in [5.41, 5.74) is 2.65. The molecule has 0 amide bonds. The van der Waals surface area contributed by atoms with Crippen LogP contribution in [0.5, 0.6) is 11.5 Å². The summed E-state index contributed by atoms with van der Waals surface area (Å²) in [6.07, 6.45) is 0.807. The highest BCUT2D eigenvalue weighted by Gasteiger charge is 2.07. The molecular formula is C23H32FN3O3. The number of nitrogens with zero attached hydrogens (tertiary/aromatic N) is 1. The Morgan fingerprint density at radius 3 is 2.40 bits per heavy atom. The molecule has 0 fully saturated rings. The van der Waals surface area contributed by atoms with Crippen molar-refractivity contribution in [3.8, 4) is 11.5 Å². The number of benzene rings is 2. The van der Waals surface area contributed by atoms with Gasteiger partial charge in [0.1, 0.15) is 5.82 Å². The number of rotatable bonds is 11. The Morgan fingerprint density at radius 2 is 1.70 bits per heavy atom. The van der Waals surface area contributed by atoms with Crippen LogP contribution in [0.1, 0.15) is 30.5 Å². The number of hydrogen-bond donors (Lipinski definition) is 2. The summed E-state index contributed by atoms with van der Waals surface area (Å²) in [6, 6.07) is 11.0. The van der Waals surface area contributed by atoms with Gasteiger partial charge in [0.2, 0.25) is 0 Å². The summed E-state index contributed by atoms with van der Waals surface area (Å²) >= 11 is 0. The van der Waals surface area contributed by atoms with Gasteiger partial charge in [-0.15, -0.1) is 0 Å². The van der Waals surface area contributed by atoms with Crippen LogP contribution >= 0.6 is 0 Å².